The molecule has 0 N–H and O–H groups in total. The highest BCUT2D eigenvalue weighted by atomic mass is 79.9. The third-order valence-electron chi connectivity index (χ3n) is 3.07. The van der Waals surface area contributed by atoms with Gasteiger partial charge in [0.25, 0.3) is 0 Å². The molecule has 0 amide bonds. The van der Waals surface area contributed by atoms with Crippen LogP contribution in [0.2, 0.25) is 0 Å². The molecule has 1 aliphatic rings. The number of nitrogens with zero attached hydrogens (tertiary/aromatic N) is 3. The van der Waals surface area contributed by atoms with Crippen LogP contribution in [-0.2, 0) is 4.74 Å². The van der Waals surface area contributed by atoms with Crippen LogP contribution in [-0.4, -0.2) is 36.3 Å². The standard InChI is InChI=1S/C13H14BrN3O/c1-9-6-10(14)13-11(7-9)16-12(8-15-13)17-2-4-18-5-3-17/h6-8H,2-5H2,1H3. The summed E-state index contributed by atoms with van der Waals surface area (Å²) >= 11 is 3.53. The van der Waals surface area contributed by atoms with Crippen LogP contribution < -0.4 is 4.90 Å². The molecular formula is C13H14BrN3O. The Morgan fingerprint density at radius 3 is 2.83 bits per heavy atom. The first kappa shape index (κ1) is 11.9. The molecule has 1 aliphatic heterocycles. The lowest BCUT2D eigenvalue weighted by molar-refractivity contribution is 0.122. The zero-order valence-electron chi connectivity index (χ0n) is 10.2. The number of benzene rings is 1. The van der Waals surface area contributed by atoms with Crippen molar-refractivity contribution < 1.29 is 4.74 Å². The molecule has 1 aromatic heterocycles. The molecule has 0 spiro atoms. The first-order valence-electron chi connectivity index (χ1n) is 5.99. The Morgan fingerprint density at radius 2 is 2.06 bits per heavy atom. The summed E-state index contributed by atoms with van der Waals surface area (Å²) in [5.41, 5.74) is 3.03. The Bertz CT molecular complexity index is 582. The van der Waals surface area contributed by atoms with Gasteiger partial charge in [-0.1, -0.05) is 0 Å². The van der Waals surface area contributed by atoms with Crippen LogP contribution in [0.25, 0.3) is 11.0 Å². The lowest BCUT2D eigenvalue weighted by Crippen LogP contribution is -2.36. The van der Waals surface area contributed by atoms with E-state index in [9.17, 15) is 0 Å². The van der Waals surface area contributed by atoms with Crippen molar-refractivity contribution in [3.63, 3.8) is 0 Å². The second-order valence-corrected chi connectivity index (χ2v) is 5.30. The number of hydrogen-bond donors (Lipinski definition) is 0. The van der Waals surface area contributed by atoms with Crippen molar-refractivity contribution in [1.82, 2.24) is 9.97 Å². The summed E-state index contributed by atoms with van der Waals surface area (Å²) in [5.74, 6) is 0.934. The zero-order valence-corrected chi connectivity index (χ0v) is 11.8. The third-order valence-corrected chi connectivity index (χ3v) is 3.67. The van der Waals surface area contributed by atoms with E-state index in [2.05, 4.69) is 44.9 Å². The summed E-state index contributed by atoms with van der Waals surface area (Å²) in [6.45, 7) is 5.35. The number of ether oxygens (including phenoxy) is 1. The maximum absolute atomic E-state index is 5.35. The highest BCUT2D eigenvalue weighted by molar-refractivity contribution is 9.10. The number of aryl methyl sites for hydroxylation is 1. The fourth-order valence-corrected chi connectivity index (χ4v) is 2.82. The maximum atomic E-state index is 5.35. The van der Waals surface area contributed by atoms with Gasteiger partial charge in [-0.15, -0.1) is 0 Å². The van der Waals surface area contributed by atoms with E-state index in [1.54, 1.807) is 0 Å². The van der Waals surface area contributed by atoms with Gasteiger partial charge < -0.3 is 9.64 Å². The van der Waals surface area contributed by atoms with Crippen LogP contribution in [0.4, 0.5) is 5.82 Å². The van der Waals surface area contributed by atoms with Crippen molar-refractivity contribution in [2.24, 2.45) is 0 Å². The number of fused-ring (bicyclic) bond motifs is 1. The van der Waals surface area contributed by atoms with Crippen LogP contribution in [0.15, 0.2) is 22.8 Å². The van der Waals surface area contributed by atoms with E-state index in [4.69, 9.17) is 9.72 Å². The van der Waals surface area contributed by atoms with Crippen molar-refractivity contribution in [3.8, 4) is 0 Å². The number of hydrogen-bond acceptors (Lipinski definition) is 4. The molecule has 0 unspecified atom stereocenters. The van der Waals surface area contributed by atoms with Gasteiger partial charge in [0.15, 0.2) is 0 Å². The first-order chi connectivity index (χ1) is 8.74. The summed E-state index contributed by atoms with van der Waals surface area (Å²) < 4.78 is 6.35. The number of aromatic nitrogens is 2. The lowest BCUT2D eigenvalue weighted by atomic mass is 10.2. The van der Waals surface area contributed by atoms with Gasteiger partial charge in [0, 0.05) is 17.6 Å². The summed E-state index contributed by atoms with van der Waals surface area (Å²) in [7, 11) is 0. The monoisotopic (exact) mass is 307 g/mol. The molecule has 1 saturated heterocycles. The van der Waals surface area contributed by atoms with E-state index >= 15 is 0 Å². The van der Waals surface area contributed by atoms with Crippen LogP contribution in [0.3, 0.4) is 0 Å². The van der Waals surface area contributed by atoms with Crippen molar-refractivity contribution in [2.45, 2.75) is 6.92 Å². The number of morpholine rings is 1. The Balaban J connectivity index is 2.04. The molecule has 5 heteroatoms. The second-order valence-electron chi connectivity index (χ2n) is 4.44. The van der Waals surface area contributed by atoms with Crippen LogP contribution in [0.5, 0.6) is 0 Å². The smallest absolute Gasteiger partial charge is 0.148 e. The van der Waals surface area contributed by atoms with Gasteiger partial charge in [-0.05, 0) is 40.5 Å². The van der Waals surface area contributed by atoms with Crippen molar-refractivity contribution in [2.75, 3.05) is 31.2 Å². The molecular weight excluding hydrogens is 294 g/mol. The van der Waals surface area contributed by atoms with Crippen LogP contribution in [0.1, 0.15) is 5.56 Å². The molecule has 0 bridgehead atoms. The molecule has 2 aromatic rings. The van der Waals surface area contributed by atoms with Gasteiger partial charge >= 0.3 is 0 Å². The molecule has 1 aromatic carbocycles. The predicted octanol–water partition coefficient (Wildman–Crippen LogP) is 2.54. The van der Waals surface area contributed by atoms with Gasteiger partial charge in [0.1, 0.15) is 11.3 Å². The fraction of sp³-hybridized carbons (Fsp3) is 0.385. The highest BCUT2D eigenvalue weighted by Gasteiger charge is 2.13. The van der Waals surface area contributed by atoms with Crippen molar-refractivity contribution >= 4 is 32.8 Å². The highest BCUT2D eigenvalue weighted by Crippen LogP contribution is 2.24. The van der Waals surface area contributed by atoms with E-state index in [-0.39, 0.29) is 0 Å². The van der Waals surface area contributed by atoms with Gasteiger partial charge in [-0.3, -0.25) is 0 Å². The largest absolute Gasteiger partial charge is 0.378 e. The van der Waals surface area contributed by atoms with Gasteiger partial charge in [-0.25, -0.2) is 9.97 Å². The summed E-state index contributed by atoms with van der Waals surface area (Å²) in [5, 5.41) is 0. The quantitative estimate of drug-likeness (QED) is 0.811. The zero-order chi connectivity index (χ0) is 12.5. The fourth-order valence-electron chi connectivity index (χ4n) is 2.15. The number of rotatable bonds is 1. The normalized spacial score (nSPS) is 16.2. The minimum Gasteiger partial charge on any atom is -0.378 e. The summed E-state index contributed by atoms with van der Waals surface area (Å²) in [6, 6.07) is 4.13. The molecule has 94 valence electrons. The SMILES string of the molecule is Cc1cc(Br)c2ncc(N3CCOCC3)nc2c1. The molecule has 18 heavy (non-hydrogen) atoms. The molecule has 1 fully saturated rings. The molecule has 0 radical (unpaired) electrons. The molecule has 3 rings (SSSR count). The summed E-state index contributed by atoms with van der Waals surface area (Å²) in [4.78, 5) is 11.4. The van der Waals surface area contributed by atoms with E-state index < -0.39 is 0 Å². The number of anilines is 1. The van der Waals surface area contributed by atoms with Gasteiger partial charge in [-0.2, -0.15) is 0 Å². The Hall–Kier alpha value is -1.20. The maximum Gasteiger partial charge on any atom is 0.148 e. The molecule has 2 heterocycles. The predicted molar refractivity (Wildman–Crippen MR) is 75.0 cm³/mol. The van der Waals surface area contributed by atoms with E-state index in [1.807, 2.05) is 6.20 Å². The summed E-state index contributed by atoms with van der Waals surface area (Å²) in [6.07, 6.45) is 1.84. The first-order valence-corrected chi connectivity index (χ1v) is 6.79. The Morgan fingerprint density at radius 1 is 1.28 bits per heavy atom. The molecule has 4 nitrogen and oxygen atoms in total. The third kappa shape index (κ3) is 2.20. The van der Waals surface area contributed by atoms with Crippen LogP contribution in [0, 0.1) is 6.92 Å². The minimum absolute atomic E-state index is 0.761. The topological polar surface area (TPSA) is 38.2 Å². The Kier molecular flexibility index (Phi) is 3.18. The second kappa shape index (κ2) is 4.82. The minimum atomic E-state index is 0.761. The molecule has 0 saturated carbocycles. The lowest BCUT2D eigenvalue weighted by Gasteiger charge is -2.27. The van der Waals surface area contributed by atoms with Crippen LogP contribution >= 0.6 is 15.9 Å². The number of halogens is 1. The van der Waals surface area contributed by atoms with E-state index in [0.717, 1.165) is 47.6 Å². The van der Waals surface area contributed by atoms with Crippen molar-refractivity contribution in [3.05, 3.63) is 28.4 Å². The van der Waals surface area contributed by atoms with E-state index in [1.165, 1.54) is 5.56 Å². The average molecular weight is 308 g/mol. The van der Waals surface area contributed by atoms with Gasteiger partial charge in [0.2, 0.25) is 0 Å². The molecule has 0 atom stereocenters. The van der Waals surface area contributed by atoms with Gasteiger partial charge in [0.05, 0.1) is 24.9 Å². The van der Waals surface area contributed by atoms with E-state index in [0.29, 0.717) is 0 Å². The average Bonchev–Trinajstić information content (AvgIpc) is 2.39. The van der Waals surface area contributed by atoms with Crippen molar-refractivity contribution in [1.29, 1.82) is 0 Å². The molecule has 0 aliphatic carbocycles. The Labute approximate surface area is 114 Å².